The summed E-state index contributed by atoms with van der Waals surface area (Å²) in [5, 5.41) is 17.7. The number of nitro groups is 1. The summed E-state index contributed by atoms with van der Waals surface area (Å²) in [4.78, 5) is 14.6. The van der Waals surface area contributed by atoms with Gasteiger partial charge in [-0.2, -0.15) is 4.98 Å². The van der Waals surface area contributed by atoms with E-state index in [1.807, 2.05) is 24.3 Å². The number of benzene rings is 2. The van der Waals surface area contributed by atoms with E-state index in [-0.39, 0.29) is 12.2 Å². The third kappa shape index (κ3) is 3.49. The Morgan fingerprint density at radius 3 is 2.75 bits per heavy atom. The Hall–Kier alpha value is -3.42. The number of nitro benzene ring substituents is 1. The van der Waals surface area contributed by atoms with Crippen molar-refractivity contribution in [3.63, 3.8) is 0 Å². The van der Waals surface area contributed by atoms with Crippen molar-refractivity contribution in [2.24, 2.45) is 0 Å². The molecule has 3 aromatic rings. The predicted molar refractivity (Wildman–Crippen MR) is 86.7 cm³/mol. The van der Waals surface area contributed by atoms with Crippen LogP contribution in [0, 0.1) is 10.1 Å². The molecule has 0 bridgehead atoms. The van der Waals surface area contributed by atoms with Crippen LogP contribution in [-0.2, 0) is 6.54 Å². The molecule has 122 valence electrons. The average Bonchev–Trinajstić information content (AvgIpc) is 3.09. The Kier molecular flexibility index (Phi) is 4.37. The maximum absolute atomic E-state index is 10.8. The zero-order valence-electron chi connectivity index (χ0n) is 12.8. The Morgan fingerprint density at radius 2 is 2.04 bits per heavy atom. The van der Waals surface area contributed by atoms with Gasteiger partial charge < -0.3 is 14.6 Å². The first-order valence-electron chi connectivity index (χ1n) is 7.11. The fourth-order valence-electron chi connectivity index (χ4n) is 2.09. The lowest BCUT2D eigenvalue weighted by atomic mass is 10.2. The molecule has 8 heteroatoms. The Bertz CT molecular complexity index is 845. The summed E-state index contributed by atoms with van der Waals surface area (Å²) in [5.74, 6) is 1.59. The van der Waals surface area contributed by atoms with Gasteiger partial charge in [0.05, 0.1) is 18.6 Å². The van der Waals surface area contributed by atoms with E-state index < -0.39 is 4.92 Å². The number of non-ortho nitro benzene ring substituents is 1. The summed E-state index contributed by atoms with van der Waals surface area (Å²) in [6, 6.07) is 13.5. The van der Waals surface area contributed by atoms with E-state index >= 15 is 0 Å². The van der Waals surface area contributed by atoms with Gasteiger partial charge in [-0.15, -0.1) is 0 Å². The highest BCUT2D eigenvalue weighted by Crippen LogP contribution is 2.21. The molecule has 1 aromatic heterocycles. The number of nitrogens with zero attached hydrogens (tertiary/aromatic N) is 3. The van der Waals surface area contributed by atoms with Crippen LogP contribution in [0.1, 0.15) is 5.89 Å². The van der Waals surface area contributed by atoms with Crippen molar-refractivity contribution in [3.8, 4) is 17.1 Å². The smallest absolute Gasteiger partial charge is 0.271 e. The van der Waals surface area contributed by atoms with Crippen molar-refractivity contribution in [1.82, 2.24) is 10.1 Å². The Balaban J connectivity index is 1.67. The second-order valence-electron chi connectivity index (χ2n) is 4.90. The molecule has 0 saturated carbocycles. The van der Waals surface area contributed by atoms with Gasteiger partial charge >= 0.3 is 0 Å². The molecule has 0 amide bonds. The highest BCUT2D eigenvalue weighted by atomic mass is 16.6. The molecule has 0 radical (unpaired) electrons. The molecule has 1 N–H and O–H groups in total. The lowest BCUT2D eigenvalue weighted by Crippen LogP contribution is -2.00. The molecule has 0 aliphatic rings. The van der Waals surface area contributed by atoms with Crippen molar-refractivity contribution in [2.75, 3.05) is 12.4 Å². The van der Waals surface area contributed by atoms with Crippen LogP contribution in [0.2, 0.25) is 0 Å². The zero-order valence-corrected chi connectivity index (χ0v) is 12.8. The molecular weight excluding hydrogens is 312 g/mol. The van der Waals surface area contributed by atoms with Crippen molar-refractivity contribution in [3.05, 3.63) is 64.5 Å². The van der Waals surface area contributed by atoms with E-state index in [0.717, 1.165) is 11.3 Å². The maximum Gasteiger partial charge on any atom is 0.271 e. The Morgan fingerprint density at radius 1 is 1.25 bits per heavy atom. The minimum atomic E-state index is -0.445. The number of ether oxygens (including phenoxy) is 1. The van der Waals surface area contributed by atoms with Crippen LogP contribution in [0.3, 0.4) is 0 Å². The van der Waals surface area contributed by atoms with E-state index in [0.29, 0.717) is 17.4 Å². The number of hydrogen-bond acceptors (Lipinski definition) is 7. The molecule has 0 fully saturated rings. The summed E-state index contributed by atoms with van der Waals surface area (Å²) in [6.45, 7) is 0.268. The molecule has 2 aromatic carbocycles. The van der Waals surface area contributed by atoms with Gasteiger partial charge in [0, 0.05) is 23.4 Å². The molecule has 0 aliphatic heterocycles. The van der Waals surface area contributed by atoms with Crippen molar-refractivity contribution >= 4 is 11.4 Å². The van der Waals surface area contributed by atoms with Crippen LogP contribution >= 0.6 is 0 Å². The molecule has 0 unspecified atom stereocenters. The summed E-state index contributed by atoms with van der Waals surface area (Å²) >= 11 is 0. The van der Waals surface area contributed by atoms with Gasteiger partial charge in [-0.3, -0.25) is 10.1 Å². The number of anilines is 1. The number of hydrogen-bond donors (Lipinski definition) is 1. The fraction of sp³-hybridized carbons (Fsp3) is 0.125. The van der Waals surface area contributed by atoms with Gasteiger partial charge in [0.1, 0.15) is 5.75 Å². The fourth-order valence-corrected chi connectivity index (χ4v) is 2.09. The van der Waals surface area contributed by atoms with E-state index in [1.165, 1.54) is 12.1 Å². The van der Waals surface area contributed by atoms with E-state index in [2.05, 4.69) is 15.5 Å². The first-order valence-corrected chi connectivity index (χ1v) is 7.11. The van der Waals surface area contributed by atoms with Gasteiger partial charge in [-0.25, -0.2) is 0 Å². The second-order valence-corrected chi connectivity index (χ2v) is 4.90. The predicted octanol–water partition coefficient (Wildman–Crippen LogP) is 3.27. The third-order valence-electron chi connectivity index (χ3n) is 3.32. The quantitative estimate of drug-likeness (QED) is 0.547. The zero-order chi connectivity index (χ0) is 16.9. The highest BCUT2D eigenvalue weighted by molar-refractivity contribution is 5.55. The highest BCUT2D eigenvalue weighted by Gasteiger charge is 2.10. The van der Waals surface area contributed by atoms with E-state index in [9.17, 15) is 10.1 Å². The van der Waals surface area contributed by atoms with E-state index in [4.69, 9.17) is 9.26 Å². The van der Waals surface area contributed by atoms with Crippen LogP contribution in [0.4, 0.5) is 11.4 Å². The SMILES string of the molecule is COc1ccc(-c2noc(CNc3cccc([N+](=O)[O-])c3)n2)cc1. The van der Waals surface area contributed by atoms with Gasteiger partial charge in [-0.1, -0.05) is 11.2 Å². The lowest BCUT2D eigenvalue weighted by molar-refractivity contribution is -0.384. The summed E-state index contributed by atoms with van der Waals surface area (Å²) in [7, 11) is 1.60. The summed E-state index contributed by atoms with van der Waals surface area (Å²) in [5.41, 5.74) is 1.43. The number of methoxy groups -OCH3 is 1. The standard InChI is InChI=1S/C16H14N4O4/c1-23-14-7-5-11(6-8-14)16-18-15(24-19-16)10-17-12-3-2-4-13(9-12)20(21)22/h2-9,17H,10H2,1H3. The van der Waals surface area contributed by atoms with Crippen LogP contribution in [-0.4, -0.2) is 22.2 Å². The van der Waals surface area contributed by atoms with Crippen LogP contribution in [0.25, 0.3) is 11.4 Å². The molecule has 24 heavy (non-hydrogen) atoms. The molecule has 0 atom stereocenters. The minimum Gasteiger partial charge on any atom is -0.497 e. The molecular formula is C16H14N4O4. The first-order chi connectivity index (χ1) is 11.7. The number of rotatable bonds is 6. The minimum absolute atomic E-state index is 0.0180. The monoisotopic (exact) mass is 326 g/mol. The van der Waals surface area contributed by atoms with Crippen LogP contribution < -0.4 is 10.1 Å². The van der Waals surface area contributed by atoms with Gasteiger partial charge in [0.2, 0.25) is 11.7 Å². The average molecular weight is 326 g/mol. The van der Waals surface area contributed by atoms with Gasteiger partial charge in [0.25, 0.3) is 5.69 Å². The van der Waals surface area contributed by atoms with Gasteiger partial charge in [0.15, 0.2) is 0 Å². The van der Waals surface area contributed by atoms with Crippen molar-refractivity contribution < 1.29 is 14.2 Å². The molecule has 0 spiro atoms. The van der Waals surface area contributed by atoms with Crippen LogP contribution in [0.15, 0.2) is 53.1 Å². The second kappa shape index (κ2) is 6.78. The van der Waals surface area contributed by atoms with E-state index in [1.54, 1.807) is 19.2 Å². The van der Waals surface area contributed by atoms with Crippen molar-refractivity contribution in [2.45, 2.75) is 6.54 Å². The first kappa shape index (κ1) is 15.5. The largest absolute Gasteiger partial charge is 0.497 e. The Labute approximate surface area is 137 Å². The maximum atomic E-state index is 10.8. The molecule has 0 aliphatic carbocycles. The normalized spacial score (nSPS) is 10.4. The number of nitrogens with one attached hydrogen (secondary N) is 1. The molecule has 3 rings (SSSR count). The topological polar surface area (TPSA) is 103 Å². The molecule has 1 heterocycles. The lowest BCUT2D eigenvalue weighted by Gasteiger charge is -2.02. The van der Waals surface area contributed by atoms with Crippen LogP contribution in [0.5, 0.6) is 5.75 Å². The summed E-state index contributed by atoms with van der Waals surface area (Å²) < 4.78 is 10.3. The molecule has 8 nitrogen and oxygen atoms in total. The van der Waals surface area contributed by atoms with Gasteiger partial charge in [-0.05, 0) is 30.3 Å². The van der Waals surface area contributed by atoms with Crippen molar-refractivity contribution in [1.29, 1.82) is 0 Å². The number of aromatic nitrogens is 2. The summed E-state index contributed by atoms with van der Waals surface area (Å²) in [6.07, 6.45) is 0. The molecule has 0 saturated heterocycles. The third-order valence-corrected chi connectivity index (χ3v) is 3.32.